The van der Waals surface area contributed by atoms with Crippen molar-refractivity contribution >= 4 is 41.0 Å². The molecule has 1 aliphatic rings. The highest BCUT2D eigenvalue weighted by molar-refractivity contribution is 6.30. The fourth-order valence-corrected chi connectivity index (χ4v) is 5.69. The van der Waals surface area contributed by atoms with E-state index in [0.717, 1.165) is 0 Å². The Kier molecular flexibility index (Phi) is 11.1. The van der Waals surface area contributed by atoms with Gasteiger partial charge in [0.05, 0.1) is 36.0 Å². The summed E-state index contributed by atoms with van der Waals surface area (Å²) in [4.78, 5) is 40.3. The summed E-state index contributed by atoms with van der Waals surface area (Å²) in [6.45, 7) is 1.50. The second-order valence-corrected chi connectivity index (χ2v) is 11.5. The van der Waals surface area contributed by atoms with Crippen molar-refractivity contribution in [1.82, 2.24) is 9.88 Å². The van der Waals surface area contributed by atoms with E-state index in [1.807, 2.05) is 0 Å². The van der Waals surface area contributed by atoms with Crippen LogP contribution in [0.15, 0.2) is 72.9 Å². The van der Waals surface area contributed by atoms with Gasteiger partial charge in [-0.25, -0.2) is 4.79 Å². The van der Waals surface area contributed by atoms with Crippen LogP contribution in [0, 0.1) is 5.41 Å². The summed E-state index contributed by atoms with van der Waals surface area (Å²) in [6.07, 6.45) is -10.2. The number of carboxylic acids is 2. The van der Waals surface area contributed by atoms with Crippen molar-refractivity contribution in [2.75, 3.05) is 0 Å². The average Bonchev–Trinajstić information content (AvgIpc) is 2.93. The van der Waals surface area contributed by atoms with Crippen molar-refractivity contribution in [2.24, 2.45) is 5.41 Å². The first-order chi connectivity index (χ1) is 20.8. The first-order valence-corrected chi connectivity index (χ1v) is 13.9. The number of alkyl halides is 6. The Morgan fingerprint density at radius 3 is 2.07 bits per heavy atom. The molecule has 1 aliphatic heterocycles. The fourth-order valence-electron chi connectivity index (χ4n) is 5.36. The van der Waals surface area contributed by atoms with Crippen molar-refractivity contribution in [3.63, 3.8) is 0 Å². The van der Waals surface area contributed by atoms with Gasteiger partial charge in [-0.1, -0.05) is 60.5 Å². The third kappa shape index (κ3) is 9.33. The van der Waals surface area contributed by atoms with E-state index in [9.17, 15) is 41.0 Å². The zero-order valence-electron chi connectivity index (χ0n) is 23.3. The number of benzene rings is 2. The number of aliphatic carboxylic acids is 2. The van der Waals surface area contributed by atoms with Crippen LogP contribution in [-0.4, -0.2) is 50.3 Å². The number of halogens is 8. The molecule has 1 saturated heterocycles. The van der Waals surface area contributed by atoms with Gasteiger partial charge in [-0.3, -0.25) is 14.6 Å². The Morgan fingerprint density at radius 2 is 1.58 bits per heavy atom. The van der Waals surface area contributed by atoms with Gasteiger partial charge in [0.25, 0.3) is 0 Å². The van der Waals surface area contributed by atoms with Crippen molar-refractivity contribution < 1.29 is 50.9 Å². The predicted octanol–water partition coefficient (Wildman–Crippen LogP) is 8.25. The van der Waals surface area contributed by atoms with Gasteiger partial charge in [-0.2, -0.15) is 26.3 Å². The first-order valence-electron chi connectivity index (χ1n) is 13.2. The highest BCUT2D eigenvalue weighted by atomic mass is 35.5. The monoisotopic (exact) mass is 678 g/mol. The standard InChI is InChI=1S/C28H25Cl2F3N2O3.C2HF3O2/c1-27(16-24(36)37)14-21(18-5-4-6-20(30)13-18)25(17-8-10-19(29)11-9-17)35(26(27)38)23(15-28(31,32)33)22-7-2-3-12-34-22;3-2(4,5)1(6)7/h2-13,21,23,25H,14-16H2,1H3,(H,36,37);(H,6,7)/t21-,23+,25-,27-;/m1./s1. The molecule has 0 spiro atoms. The van der Waals surface area contributed by atoms with E-state index in [-0.39, 0.29) is 12.1 Å². The predicted molar refractivity (Wildman–Crippen MR) is 152 cm³/mol. The van der Waals surface area contributed by atoms with Gasteiger partial charge in [-0.15, -0.1) is 0 Å². The lowest BCUT2D eigenvalue weighted by Gasteiger charge is -2.51. The second-order valence-electron chi connectivity index (χ2n) is 10.6. The quantitative estimate of drug-likeness (QED) is 0.244. The van der Waals surface area contributed by atoms with Gasteiger partial charge < -0.3 is 15.1 Å². The molecule has 0 bridgehead atoms. The van der Waals surface area contributed by atoms with Crippen LogP contribution in [0.2, 0.25) is 10.0 Å². The minimum absolute atomic E-state index is 0.0570. The summed E-state index contributed by atoms with van der Waals surface area (Å²) in [5.74, 6) is -5.23. The van der Waals surface area contributed by atoms with Gasteiger partial charge in [0.2, 0.25) is 5.91 Å². The maximum atomic E-state index is 14.2. The number of carbonyl (C=O) groups is 3. The van der Waals surface area contributed by atoms with Gasteiger partial charge in [0, 0.05) is 22.2 Å². The van der Waals surface area contributed by atoms with E-state index in [0.29, 0.717) is 21.2 Å². The summed E-state index contributed by atoms with van der Waals surface area (Å²) < 4.78 is 73.8. The number of hydrogen-bond donors (Lipinski definition) is 2. The minimum Gasteiger partial charge on any atom is -0.481 e. The van der Waals surface area contributed by atoms with Gasteiger partial charge in [-0.05, 0) is 53.9 Å². The number of likely N-dealkylation sites (tertiary alicyclic amines) is 1. The topological polar surface area (TPSA) is 108 Å². The molecular weight excluding hydrogens is 653 g/mol. The largest absolute Gasteiger partial charge is 0.490 e. The van der Waals surface area contributed by atoms with E-state index >= 15 is 0 Å². The number of amides is 1. The molecule has 1 fully saturated rings. The Balaban J connectivity index is 0.000000707. The van der Waals surface area contributed by atoms with Crippen molar-refractivity contribution in [3.8, 4) is 0 Å². The molecule has 0 radical (unpaired) electrons. The molecule has 3 aromatic rings. The normalized spacial score (nSPS) is 21.0. The van der Waals surface area contributed by atoms with Crippen LogP contribution in [-0.2, 0) is 14.4 Å². The molecule has 0 unspecified atom stereocenters. The zero-order chi connectivity index (χ0) is 33.7. The van der Waals surface area contributed by atoms with E-state index in [1.54, 1.807) is 60.7 Å². The Hall–Kier alpha value is -3.84. The molecule has 7 nitrogen and oxygen atoms in total. The smallest absolute Gasteiger partial charge is 0.481 e. The minimum atomic E-state index is -5.08. The Labute approximate surface area is 263 Å². The van der Waals surface area contributed by atoms with Crippen LogP contribution < -0.4 is 0 Å². The lowest BCUT2D eigenvalue weighted by molar-refractivity contribution is -0.192. The molecule has 0 saturated carbocycles. The van der Waals surface area contributed by atoms with Crippen LogP contribution in [0.25, 0.3) is 0 Å². The molecule has 242 valence electrons. The molecule has 2 aromatic carbocycles. The second kappa shape index (κ2) is 14.1. The van der Waals surface area contributed by atoms with E-state index in [4.69, 9.17) is 33.1 Å². The molecule has 45 heavy (non-hydrogen) atoms. The number of piperidine rings is 1. The molecule has 1 aromatic heterocycles. The van der Waals surface area contributed by atoms with Crippen LogP contribution in [0.1, 0.15) is 61.0 Å². The summed E-state index contributed by atoms with van der Waals surface area (Å²) in [6, 6.07) is 15.6. The molecular formula is C30H26Cl2F6N2O5. The zero-order valence-corrected chi connectivity index (χ0v) is 24.8. The molecule has 15 heteroatoms. The van der Waals surface area contributed by atoms with Gasteiger partial charge >= 0.3 is 24.3 Å². The summed E-state index contributed by atoms with van der Waals surface area (Å²) in [7, 11) is 0. The highest BCUT2D eigenvalue weighted by Gasteiger charge is 2.54. The third-order valence-electron chi connectivity index (χ3n) is 7.16. The van der Waals surface area contributed by atoms with Crippen molar-refractivity contribution in [1.29, 1.82) is 0 Å². The van der Waals surface area contributed by atoms with Gasteiger partial charge in [0.15, 0.2) is 0 Å². The van der Waals surface area contributed by atoms with Crippen molar-refractivity contribution in [2.45, 2.75) is 56.5 Å². The lowest BCUT2D eigenvalue weighted by atomic mass is 9.67. The molecule has 1 amide bonds. The molecule has 4 rings (SSSR count). The number of pyridine rings is 1. The third-order valence-corrected chi connectivity index (χ3v) is 7.65. The van der Waals surface area contributed by atoms with E-state index in [1.165, 1.54) is 24.1 Å². The molecule has 4 atom stereocenters. The van der Waals surface area contributed by atoms with E-state index < -0.39 is 66.5 Å². The fraction of sp³-hybridized carbons (Fsp3) is 0.333. The molecule has 2 N–H and O–H groups in total. The number of carboxylic acid groups (broad SMARTS) is 2. The Bertz CT molecular complexity index is 1510. The summed E-state index contributed by atoms with van der Waals surface area (Å²) in [5.41, 5.74) is -0.187. The van der Waals surface area contributed by atoms with Crippen LogP contribution in [0.5, 0.6) is 0 Å². The van der Waals surface area contributed by atoms with Gasteiger partial charge in [0.1, 0.15) is 0 Å². The highest BCUT2D eigenvalue weighted by Crippen LogP contribution is 2.54. The van der Waals surface area contributed by atoms with Crippen LogP contribution >= 0.6 is 23.2 Å². The molecule has 2 heterocycles. The summed E-state index contributed by atoms with van der Waals surface area (Å²) >= 11 is 12.4. The van der Waals surface area contributed by atoms with E-state index in [2.05, 4.69) is 4.98 Å². The first kappa shape index (κ1) is 35.6. The number of hydrogen-bond acceptors (Lipinski definition) is 4. The maximum absolute atomic E-state index is 14.2. The Morgan fingerprint density at radius 1 is 0.956 bits per heavy atom. The SMILES string of the molecule is C[C@]1(CC(=O)O)C[C@H](c2cccc(Cl)c2)[C@@H](c2ccc(Cl)cc2)N([C@@H](CC(F)(F)F)c2ccccn2)C1=O.O=C(O)C(F)(F)F. The number of aromatic nitrogens is 1. The van der Waals surface area contributed by atoms with Crippen LogP contribution in [0.3, 0.4) is 0 Å². The average molecular weight is 679 g/mol. The number of carbonyl (C=O) groups excluding carboxylic acids is 1. The van der Waals surface area contributed by atoms with Crippen LogP contribution in [0.4, 0.5) is 26.3 Å². The number of nitrogens with zero attached hydrogens (tertiary/aromatic N) is 2. The van der Waals surface area contributed by atoms with Crippen molar-refractivity contribution in [3.05, 3.63) is 99.8 Å². The summed E-state index contributed by atoms with van der Waals surface area (Å²) in [5, 5.41) is 17.7. The maximum Gasteiger partial charge on any atom is 0.490 e. The number of rotatable bonds is 7. The lowest BCUT2D eigenvalue weighted by Crippen LogP contribution is -2.54. The molecule has 0 aliphatic carbocycles.